The van der Waals surface area contributed by atoms with Gasteiger partial charge in [0, 0.05) is 11.6 Å². The molecule has 0 bridgehead atoms. The summed E-state index contributed by atoms with van der Waals surface area (Å²) in [6, 6.07) is 11.3. The summed E-state index contributed by atoms with van der Waals surface area (Å²) in [5.41, 5.74) is 3.46. The van der Waals surface area contributed by atoms with E-state index in [9.17, 15) is 9.90 Å². The van der Waals surface area contributed by atoms with E-state index in [4.69, 9.17) is 4.42 Å². The molecule has 0 amide bonds. The van der Waals surface area contributed by atoms with Crippen LogP contribution in [-0.4, -0.2) is 5.11 Å². The van der Waals surface area contributed by atoms with Crippen LogP contribution in [0.15, 0.2) is 45.6 Å². The molecule has 102 valence electrons. The van der Waals surface area contributed by atoms with Gasteiger partial charge < -0.3 is 9.52 Å². The van der Waals surface area contributed by atoms with E-state index >= 15 is 0 Å². The van der Waals surface area contributed by atoms with Gasteiger partial charge in [0.25, 0.3) is 0 Å². The second-order valence-electron chi connectivity index (χ2n) is 5.05. The van der Waals surface area contributed by atoms with Gasteiger partial charge in [0.05, 0.1) is 4.70 Å². The third-order valence-corrected chi connectivity index (χ3v) is 4.08. The van der Waals surface area contributed by atoms with Crippen molar-refractivity contribution < 1.29 is 9.52 Å². The number of phenols is 1. The van der Waals surface area contributed by atoms with Crippen LogP contribution in [0, 0.1) is 0 Å². The average molecular weight is 286 g/mol. The van der Waals surface area contributed by atoms with Crippen LogP contribution in [0.25, 0.3) is 21.4 Å². The van der Waals surface area contributed by atoms with Gasteiger partial charge in [-0.3, -0.25) is 0 Å². The number of hydrogen-bond donors (Lipinski definition) is 1. The number of hydrogen-bond acceptors (Lipinski definition) is 4. The second-order valence-corrected chi connectivity index (χ2v) is 6.03. The highest BCUT2D eigenvalue weighted by atomic mass is 32.1. The van der Waals surface area contributed by atoms with Crippen LogP contribution in [0.3, 0.4) is 0 Å². The van der Waals surface area contributed by atoms with Gasteiger partial charge in [0.1, 0.15) is 5.75 Å². The van der Waals surface area contributed by atoms with Crippen molar-refractivity contribution in [2.45, 2.75) is 19.8 Å². The summed E-state index contributed by atoms with van der Waals surface area (Å²) >= 11 is 1.00. The smallest absolute Gasteiger partial charge is 0.396 e. The van der Waals surface area contributed by atoms with Gasteiger partial charge in [-0.2, -0.15) is 0 Å². The van der Waals surface area contributed by atoms with Crippen LogP contribution >= 0.6 is 11.3 Å². The summed E-state index contributed by atoms with van der Waals surface area (Å²) in [5, 5.41) is 9.79. The fourth-order valence-electron chi connectivity index (χ4n) is 2.22. The van der Waals surface area contributed by atoms with Crippen LogP contribution in [0.5, 0.6) is 5.75 Å². The Morgan fingerprint density at radius 1 is 1.15 bits per heavy atom. The lowest BCUT2D eigenvalue weighted by atomic mass is 9.98. The zero-order valence-corrected chi connectivity index (χ0v) is 12.0. The topological polar surface area (TPSA) is 50.4 Å². The molecule has 0 saturated heterocycles. The fraction of sp³-hybridized carbons (Fsp3) is 0.188. The quantitative estimate of drug-likeness (QED) is 0.762. The Morgan fingerprint density at radius 3 is 2.50 bits per heavy atom. The minimum Gasteiger partial charge on any atom is -0.508 e. The zero-order chi connectivity index (χ0) is 14.3. The molecular weight excluding hydrogens is 272 g/mol. The van der Waals surface area contributed by atoms with Gasteiger partial charge in [-0.05, 0) is 23.1 Å². The summed E-state index contributed by atoms with van der Waals surface area (Å²) < 4.78 is 5.90. The molecule has 0 atom stereocenters. The normalized spacial score (nSPS) is 11.3. The third kappa shape index (κ3) is 2.23. The number of rotatable bonds is 2. The predicted molar refractivity (Wildman–Crippen MR) is 81.6 cm³/mol. The molecule has 2 aromatic carbocycles. The Labute approximate surface area is 120 Å². The highest BCUT2D eigenvalue weighted by Crippen LogP contribution is 2.34. The molecule has 1 aromatic heterocycles. The first-order valence-electron chi connectivity index (χ1n) is 6.41. The van der Waals surface area contributed by atoms with Gasteiger partial charge in [-0.1, -0.05) is 49.4 Å². The van der Waals surface area contributed by atoms with Crippen molar-refractivity contribution in [3.8, 4) is 16.9 Å². The molecule has 3 rings (SSSR count). The first-order chi connectivity index (χ1) is 9.54. The molecule has 4 heteroatoms. The van der Waals surface area contributed by atoms with E-state index < -0.39 is 0 Å². The van der Waals surface area contributed by atoms with Crippen LogP contribution in [0.1, 0.15) is 25.3 Å². The summed E-state index contributed by atoms with van der Waals surface area (Å²) in [7, 11) is 0. The highest BCUT2D eigenvalue weighted by Gasteiger charge is 2.12. The molecular formula is C16H14O3S. The fourth-order valence-corrected chi connectivity index (χ4v) is 2.95. The van der Waals surface area contributed by atoms with E-state index in [0.29, 0.717) is 16.2 Å². The largest absolute Gasteiger partial charge is 0.508 e. The monoisotopic (exact) mass is 286 g/mol. The molecule has 0 radical (unpaired) electrons. The SMILES string of the molecule is CC(C)c1ccc(-c2cc(O)cc3sc(=O)oc23)cc1. The predicted octanol–water partition coefficient (Wildman–Crippen LogP) is 4.35. The molecule has 0 aliphatic carbocycles. The van der Waals surface area contributed by atoms with Gasteiger partial charge in [-0.25, -0.2) is 4.79 Å². The molecule has 0 aliphatic heterocycles. The van der Waals surface area contributed by atoms with Crippen LogP contribution in [0.2, 0.25) is 0 Å². The van der Waals surface area contributed by atoms with Crippen molar-refractivity contribution >= 4 is 21.6 Å². The molecule has 3 aromatic rings. The molecule has 1 heterocycles. The molecule has 0 spiro atoms. The molecule has 0 saturated carbocycles. The molecule has 0 aliphatic rings. The lowest BCUT2D eigenvalue weighted by molar-refractivity contribution is 0.476. The number of fused-ring (bicyclic) bond motifs is 1. The van der Waals surface area contributed by atoms with Gasteiger partial charge in [-0.15, -0.1) is 0 Å². The Hall–Kier alpha value is -2.07. The van der Waals surface area contributed by atoms with E-state index in [1.165, 1.54) is 5.56 Å². The lowest BCUT2D eigenvalue weighted by Gasteiger charge is -2.07. The van der Waals surface area contributed by atoms with E-state index in [1.807, 2.05) is 12.1 Å². The van der Waals surface area contributed by atoms with E-state index in [1.54, 1.807) is 12.1 Å². The number of phenolic OH excluding ortho intramolecular Hbond substituents is 1. The van der Waals surface area contributed by atoms with Crippen molar-refractivity contribution in [3.63, 3.8) is 0 Å². The Morgan fingerprint density at radius 2 is 1.85 bits per heavy atom. The maximum absolute atomic E-state index is 11.4. The maximum Gasteiger partial charge on any atom is 0.396 e. The van der Waals surface area contributed by atoms with Crippen LogP contribution < -0.4 is 4.94 Å². The lowest BCUT2D eigenvalue weighted by Crippen LogP contribution is -1.87. The summed E-state index contributed by atoms with van der Waals surface area (Å²) in [6.07, 6.45) is 0. The Balaban J connectivity index is 2.20. The van der Waals surface area contributed by atoms with Gasteiger partial charge in [0.15, 0.2) is 5.58 Å². The van der Waals surface area contributed by atoms with Crippen molar-refractivity contribution in [3.05, 3.63) is 51.7 Å². The number of aromatic hydroxyl groups is 1. The zero-order valence-electron chi connectivity index (χ0n) is 11.2. The third-order valence-electron chi connectivity index (χ3n) is 3.31. The Kier molecular flexibility index (Phi) is 3.10. The van der Waals surface area contributed by atoms with Crippen LogP contribution in [-0.2, 0) is 0 Å². The van der Waals surface area contributed by atoms with Gasteiger partial charge in [0.2, 0.25) is 0 Å². The molecule has 0 unspecified atom stereocenters. The van der Waals surface area contributed by atoms with E-state index in [2.05, 4.69) is 26.0 Å². The minimum absolute atomic E-state index is 0.137. The van der Waals surface area contributed by atoms with Crippen molar-refractivity contribution in [2.24, 2.45) is 0 Å². The summed E-state index contributed by atoms with van der Waals surface area (Å²) in [4.78, 5) is 11.0. The van der Waals surface area contributed by atoms with Crippen molar-refractivity contribution in [1.29, 1.82) is 0 Å². The number of benzene rings is 2. The first-order valence-corrected chi connectivity index (χ1v) is 7.23. The van der Waals surface area contributed by atoms with E-state index in [-0.39, 0.29) is 10.7 Å². The maximum atomic E-state index is 11.4. The molecule has 3 nitrogen and oxygen atoms in total. The van der Waals surface area contributed by atoms with Crippen molar-refractivity contribution in [2.75, 3.05) is 0 Å². The van der Waals surface area contributed by atoms with Crippen LogP contribution in [0.4, 0.5) is 0 Å². The van der Waals surface area contributed by atoms with E-state index in [0.717, 1.165) is 22.5 Å². The minimum atomic E-state index is -0.356. The standard InChI is InChI=1S/C16H14O3S/c1-9(2)10-3-5-11(6-4-10)13-7-12(17)8-14-15(13)19-16(18)20-14/h3-9,17H,1-2H3. The molecule has 20 heavy (non-hydrogen) atoms. The average Bonchev–Trinajstić information content (AvgIpc) is 2.78. The molecule has 0 fully saturated rings. The molecule has 1 N–H and O–H groups in total. The van der Waals surface area contributed by atoms with Gasteiger partial charge >= 0.3 is 4.94 Å². The Bertz CT molecular complexity index is 810. The summed E-state index contributed by atoms with van der Waals surface area (Å²) in [5.74, 6) is 0.602. The summed E-state index contributed by atoms with van der Waals surface area (Å²) in [6.45, 7) is 4.28. The first kappa shape index (κ1) is 12.9. The van der Waals surface area contributed by atoms with Crippen molar-refractivity contribution in [1.82, 2.24) is 0 Å². The second kappa shape index (κ2) is 4.80. The highest BCUT2D eigenvalue weighted by molar-refractivity contribution is 7.16.